The highest BCUT2D eigenvalue weighted by atomic mass is 35.5. The van der Waals surface area contributed by atoms with Crippen molar-refractivity contribution in [1.29, 1.82) is 0 Å². The minimum atomic E-state index is -0.320. The number of halogens is 1. The summed E-state index contributed by atoms with van der Waals surface area (Å²) in [4.78, 5) is 0. The van der Waals surface area contributed by atoms with E-state index in [2.05, 4.69) is 11.1 Å². The number of nitrogens with zero attached hydrogens (tertiary/aromatic N) is 2. The normalized spacial score (nSPS) is 19.4. The molecule has 3 aromatic rings. The van der Waals surface area contributed by atoms with E-state index in [-0.39, 0.29) is 12.3 Å². The van der Waals surface area contributed by atoms with Crippen LogP contribution in [0.25, 0.3) is 0 Å². The Bertz CT molecular complexity index is 1110. The van der Waals surface area contributed by atoms with Crippen molar-refractivity contribution in [3.05, 3.63) is 88.4 Å². The van der Waals surface area contributed by atoms with E-state index in [1.807, 2.05) is 60.7 Å². The lowest BCUT2D eigenvalue weighted by molar-refractivity contribution is -0.0190. The van der Waals surface area contributed by atoms with Crippen molar-refractivity contribution < 1.29 is 14.2 Å². The summed E-state index contributed by atoms with van der Waals surface area (Å²) in [5.41, 5.74) is 4.15. The summed E-state index contributed by atoms with van der Waals surface area (Å²) in [6.07, 6.45) is 0.458. The van der Waals surface area contributed by atoms with Crippen LogP contribution in [-0.2, 0) is 0 Å². The molecule has 0 saturated carbocycles. The maximum atomic E-state index is 6.37. The molecule has 0 bridgehead atoms. The van der Waals surface area contributed by atoms with Crippen LogP contribution in [0, 0.1) is 0 Å². The zero-order valence-electron chi connectivity index (χ0n) is 16.7. The third kappa shape index (κ3) is 3.15. The highest BCUT2D eigenvalue weighted by Crippen LogP contribution is 2.47. The Morgan fingerprint density at radius 2 is 1.73 bits per heavy atom. The van der Waals surface area contributed by atoms with E-state index >= 15 is 0 Å². The first-order valence-electron chi connectivity index (χ1n) is 9.77. The minimum Gasteiger partial charge on any atom is -0.493 e. The van der Waals surface area contributed by atoms with Gasteiger partial charge in [-0.05, 0) is 36.4 Å². The first kappa shape index (κ1) is 18.8. The van der Waals surface area contributed by atoms with Crippen molar-refractivity contribution in [3.63, 3.8) is 0 Å². The van der Waals surface area contributed by atoms with Gasteiger partial charge in [0.2, 0.25) is 6.23 Å². The van der Waals surface area contributed by atoms with Crippen LogP contribution in [0.3, 0.4) is 0 Å². The van der Waals surface area contributed by atoms with Crippen LogP contribution in [0.15, 0.2) is 71.8 Å². The summed E-state index contributed by atoms with van der Waals surface area (Å²) >= 11 is 6.10. The second kappa shape index (κ2) is 7.58. The molecule has 0 radical (unpaired) electrons. The van der Waals surface area contributed by atoms with E-state index in [0.29, 0.717) is 16.5 Å². The van der Waals surface area contributed by atoms with Gasteiger partial charge in [-0.3, -0.25) is 0 Å². The summed E-state index contributed by atoms with van der Waals surface area (Å²) in [7, 11) is 3.28. The molecule has 0 fully saturated rings. The van der Waals surface area contributed by atoms with Gasteiger partial charge in [-0.25, -0.2) is 5.01 Å². The van der Waals surface area contributed by atoms with Crippen LogP contribution >= 0.6 is 11.6 Å². The molecule has 3 aromatic carbocycles. The Morgan fingerprint density at radius 3 is 2.50 bits per heavy atom. The molecule has 152 valence electrons. The van der Waals surface area contributed by atoms with E-state index < -0.39 is 0 Å². The zero-order chi connectivity index (χ0) is 20.7. The fourth-order valence-corrected chi connectivity index (χ4v) is 4.20. The molecule has 2 aliphatic rings. The lowest BCUT2D eigenvalue weighted by atomic mass is 9.96. The minimum absolute atomic E-state index is 0.0960. The maximum absolute atomic E-state index is 6.37. The van der Waals surface area contributed by atoms with Gasteiger partial charge in [-0.15, -0.1) is 0 Å². The summed E-state index contributed by atoms with van der Waals surface area (Å²) in [6, 6.07) is 21.9. The molecular weight excluding hydrogens is 400 g/mol. The van der Waals surface area contributed by atoms with Gasteiger partial charge < -0.3 is 14.2 Å². The standard InChI is InChI=1S/C24H21ClN2O3/c1-28-22-12-9-16(13-23(22)29-2)19-14-20-18-5-3-4-6-21(18)30-24(27(20)26-19)15-7-10-17(25)11-8-15/h3-13,20,24H,14H2,1-2H3/t20-,24+/m1/s1. The number of rotatable bonds is 4. The van der Waals surface area contributed by atoms with E-state index in [9.17, 15) is 0 Å². The van der Waals surface area contributed by atoms with E-state index in [1.54, 1.807) is 14.2 Å². The van der Waals surface area contributed by atoms with Gasteiger partial charge in [0.1, 0.15) is 5.75 Å². The number of benzene rings is 3. The number of hydrazone groups is 1. The fourth-order valence-electron chi connectivity index (χ4n) is 4.07. The molecule has 0 spiro atoms. The van der Waals surface area contributed by atoms with Gasteiger partial charge in [-0.2, -0.15) is 5.10 Å². The topological polar surface area (TPSA) is 43.3 Å². The third-order valence-corrected chi connectivity index (χ3v) is 5.82. The van der Waals surface area contributed by atoms with Crippen LogP contribution in [0.4, 0.5) is 0 Å². The third-order valence-electron chi connectivity index (χ3n) is 5.57. The van der Waals surface area contributed by atoms with Crippen LogP contribution < -0.4 is 14.2 Å². The van der Waals surface area contributed by atoms with Gasteiger partial charge in [0.05, 0.1) is 26.0 Å². The molecule has 0 aliphatic carbocycles. The maximum Gasteiger partial charge on any atom is 0.213 e. The number of hydrogen-bond acceptors (Lipinski definition) is 5. The van der Waals surface area contributed by atoms with E-state index in [1.165, 1.54) is 0 Å². The lowest BCUT2D eigenvalue weighted by Gasteiger charge is -2.38. The van der Waals surface area contributed by atoms with Gasteiger partial charge in [0.15, 0.2) is 11.5 Å². The highest BCUT2D eigenvalue weighted by molar-refractivity contribution is 6.30. The molecule has 30 heavy (non-hydrogen) atoms. The van der Waals surface area contributed by atoms with Gasteiger partial charge in [0.25, 0.3) is 0 Å². The van der Waals surface area contributed by atoms with Gasteiger partial charge >= 0.3 is 0 Å². The molecule has 0 aromatic heterocycles. The number of fused-ring (bicyclic) bond motifs is 3. The van der Waals surface area contributed by atoms with Crippen molar-refractivity contribution >= 4 is 17.3 Å². The Morgan fingerprint density at radius 1 is 0.967 bits per heavy atom. The van der Waals surface area contributed by atoms with Crippen LogP contribution in [0.2, 0.25) is 5.02 Å². The van der Waals surface area contributed by atoms with E-state index in [4.69, 9.17) is 30.9 Å². The SMILES string of the molecule is COc1ccc(C2=NN3[C@H](C2)c2ccccc2O[C@H]3c2ccc(Cl)cc2)cc1OC. The second-order valence-electron chi connectivity index (χ2n) is 7.28. The average molecular weight is 421 g/mol. The molecule has 2 atom stereocenters. The quantitative estimate of drug-likeness (QED) is 0.551. The summed E-state index contributed by atoms with van der Waals surface area (Å²) in [6.45, 7) is 0. The molecule has 6 heteroatoms. The van der Waals surface area contributed by atoms with Crippen LogP contribution in [-0.4, -0.2) is 24.9 Å². The molecule has 5 nitrogen and oxygen atoms in total. The van der Waals surface area contributed by atoms with Gasteiger partial charge in [0, 0.05) is 28.1 Å². The summed E-state index contributed by atoms with van der Waals surface area (Å²) < 4.78 is 17.2. The number of para-hydroxylation sites is 1. The van der Waals surface area contributed by atoms with Crippen LogP contribution in [0.1, 0.15) is 35.4 Å². The molecule has 0 saturated heterocycles. The molecule has 5 rings (SSSR count). The largest absolute Gasteiger partial charge is 0.493 e. The first-order valence-corrected chi connectivity index (χ1v) is 10.1. The van der Waals surface area contributed by atoms with Crippen molar-refractivity contribution in [2.45, 2.75) is 18.7 Å². The van der Waals surface area contributed by atoms with Crippen LogP contribution in [0.5, 0.6) is 17.2 Å². The smallest absolute Gasteiger partial charge is 0.213 e. The Kier molecular flexibility index (Phi) is 4.75. The van der Waals surface area contributed by atoms with Crippen molar-refractivity contribution in [3.8, 4) is 17.2 Å². The predicted octanol–water partition coefficient (Wildman–Crippen LogP) is 5.60. The molecule has 2 aliphatic heterocycles. The average Bonchev–Trinajstić information content (AvgIpc) is 3.24. The first-order chi connectivity index (χ1) is 14.7. The Labute approximate surface area is 180 Å². The second-order valence-corrected chi connectivity index (χ2v) is 7.71. The molecule has 0 N–H and O–H groups in total. The summed E-state index contributed by atoms with van der Waals surface area (Å²) in [5.74, 6) is 2.28. The molecule has 0 amide bonds. The lowest BCUT2D eigenvalue weighted by Crippen LogP contribution is -2.33. The Hall–Kier alpha value is -3.18. The Balaban J connectivity index is 1.57. The van der Waals surface area contributed by atoms with Crippen molar-refractivity contribution in [2.24, 2.45) is 5.10 Å². The zero-order valence-corrected chi connectivity index (χ0v) is 17.5. The number of hydrogen-bond donors (Lipinski definition) is 0. The molecule has 2 heterocycles. The fraction of sp³-hybridized carbons (Fsp3) is 0.208. The molecule has 0 unspecified atom stereocenters. The highest BCUT2D eigenvalue weighted by Gasteiger charge is 2.40. The monoisotopic (exact) mass is 420 g/mol. The summed E-state index contributed by atoms with van der Waals surface area (Å²) in [5, 5.41) is 7.74. The molecular formula is C24H21ClN2O3. The van der Waals surface area contributed by atoms with E-state index in [0.717, 1.165) is 34.6 Å². The number of methoxy groups -OCH3 is 2. The van der Waals surface area contributed by atoms with Crippen molar-refractivity contribution in [2.75, 3.05) is 14.2 Å². The number of ether oxygens (including phenoxy) is 3. The predicted molar refractivity (Wildman–Crippen MR) is 117 cm³/mol. The van der Waals surface area contributed by atoms with Gasteiger partial charge in [-0.1, -0.05) is 41.9 Å². The van der Waals surface area contributed by atoms with Crippen molar-refractivity contribution in [1.82, 2.24) is 5.01 Å².